The molecule has 3 nitrogen and oxygen atoms in total. The summed E-state index contributed by atoms with van der Waals surface area (Å²) in [5, 5.41) is 3.06. The van der Waals surface area contributed by atoms with Gasteiger partial charge in [-0.05, 0) is 43.7 Å². The summed E-state index contributed by atoms with van der Waals surface area (Å²) in [6.45, 7) is 4.70. The van der Waals surface area contributed by atoms with Gasteiger partial charge < -0.3 is 9.47 Å². The number of nitrogens with zero attached hydrogens (tertiary/aromatic N) is 1. The summed E-state index contributed by atoms with van der Waals surface area (Å²) in [5.41, 5.74) is 4.71. The Morgan fingerprint density at radius 1 is 1.00 bits per heavy atom. The van der Waals surface area contributed by atoms with Crippen molar-refractivity contribution < 1.29 is 9.47 Å². The first-order valence-electron chi connectivity index (χ1n) is 7.44. The van der Waals surface area contributed by atoms with E-state index in [1.54, 1.807) is 18.4 Å². The molecule has 0 aliphatic carbocycles. The second-order valence-corrected chi connectivity index (χ2v) is 6.35. The van der Waals surface area contributed by atoms with Crippen LogP contribution in [0, 0.1) is 13.8 Å². The van der Waals surface area contributed by atoms with Crippen molar-refractivity contribution in [2.75, 3.05) is 7.11 Å². The lowest BCUT2D eigenvalue weighted by molar-refractivity contribution is 0.305. The van der Waals surface area contributed by atoms with Crippen LogP contribution < -0.4 is 9.47 Å². The van der Waals surface area contributed by atoms with Gasteiger partial charge in [0, 0.05) is 10.9 Å². The predicted octanol–water partition coefficient (Wildman–Crippen LogP) is 5.01. The largest absolute Gasteiger partial charge is 0.497 e. The minimum absolute atomic E-state index is 0.474. The van der Waals surface area contributed by atoms with Gasteiger partial charge in [0.2, 0.25) is 0 Å². The fraction of sp³-hybridized carbons (Fsp3) is 0.211. The number of hydrogen-bond acceptors (Lipinski definition) is 4. The van der Waals surface area contributed by atoms with Crippen LogP contribution in [-0.2, 0) is 6.61 Å². The highest BCUT2D eigenvalue weighted by molar-refractivity contribution is 7.09. The monoisotopic (exact) mass is 325 g/mol. The van der Waals surface area contributed by atoms with Crippen molar-refractivity contribution >= 4 is 11.3 Å². The zero-order valence-electron chi connectivity index (χ0n) is 13.5. The molecule has 118 valence electrons. The highest BCUT2D eigenvalue weighted by atomic mass is 32.1. The molecule has 0 N–H and O–H groups in total. The standard InChI is InChI=1S/C19H19NO2S/c1-13-4-9-17(14(2)10-13)18-12-23-19(20-18)11-22-16-7-5-15(21-3)6-8-16/h4-10,12H,11H2,1-3H3. The van der Waals surface area contributed by atoms with Gasteiger partial charge in [-0.25, -0.2) is 4.98 Å². The topological polar surface area (TPSA) is 31.4 Å². The van der Waals surface area contributed by atoms with Gasteiger partial charge in [-0.2, -0.15) is 0 Å². The zero-order valence-corrected chi connectivity index (χ0v) is 14.3. The maximum absolute atomic E-state index is 5.78. The van der Waals surface area contributed by atoms with E-state index in [2.05, 4.69) is 42.4 Å². The van der Waals surface area contributed by atoms with E-state index in [1.807, 2.05) is 24.3 Å². The van der Waals surface area contributed by atoms with Gasteiger partial charge in [-0.3, -0.25) is 0 Å². The molecule has 0 unspecified atom stereocenters. The number of methoxy groups -OCH3 is 1. The maximum atomic E-state index is 5.78. The molecule has 0 saturated carbocycles. The van der Waals surface area contributed by atoms with Crippen LogP contribution in [0.25, 0.3) is 11.3 Å². The smallest absolute Gasteiger partial charge is 0.140 e. The number of benzene rings is 2. The highest BCUT2D eigenvalue weighted by Gasteiger charge is 2.08. The molecule has 3 rings (SSSR count). The van der Waals surface area contributed by atoms with Crippen molar-refractivity contribution in [1.29, 1.82) is 0 Å². The third-order valence-electron chi connectivity index (χ3n) is 3.63. The third kappa shape index (κ3) is 3.71. The molecule has 1 aromatic heterocycles. The lowest BCUT2D eigenvalue weighted by Crippen LogP contribution is -1.95. The Hall–Kier alpha value is -2.33. The Balaban J connectivity index is 1.69. The third-order valence-corrected chi connectivity index (χ3v) is 4.45. The molecule has 0 atom stereocenters. The van der Waals surface area contributed by atoms with Crippen LogP contribution >= 0.6 is 11.3 Å². The lowest BCUT2D eigenvalue weighted by Gasteiger charge is -2.05. The van der Waals surface area contributed by atoms with E-state index >= 15 is 0 Å². The van der Waals surface area contributed by atoms with Crippen LogP contribution in [-0.4, -0.2) is 12.1 Å². The summed E-state index contributed by atoms with van der Waals surface area (Å²) in [5.74, 6) is 1.64. The van der Waals surface area contributed by atoms with Crippen LogP contribution in [0.3, 0.4) is 0 Å². The maximum Gasteiger partial charge on any atom is 0.140 e. The fourth-order valence-corrected chi connectivity index (χ4v) is 3.12. The summed E-state index contributed by atoms with van der Waals surface area (Å²) < 4.78 is 10.9. The zero-order chi connectivity index (χ0) is 16.2. The first-order chi connectivity index (χ1) is 11.2. The second kappa shape index (κ2) is 6.84. The van der Waals surface area contributed by atoms with Crippen molar-refractivity contribution in [2.24, 2.45) is 0 Å². The van der Waals surface area contributed by atoms with Crippen LogP contribution in [0.2, 0.25) is 0 Å². The van der Waals surface area contributed by atoms with Gasteiger partial charge in [-0.15, -0.1) is 11.3 Å². The molecule has 0 spiro atoms. The molecular formula is C19H19NO2S. The van der Waals surface area contributed by atoms with Gasteiger partial charge in [0.05, 0.1) is 12.8 Å². The normalized spacial score (nSPS) is 10.6. The van der Waals surface area contributed by atoms with E-state index in [0.29, 0.717) is 6.61 Å². The van der Waals surface area contributed by atoms with E-state index in [1.165, 1.54) is 16.7 Å². The quantitative estimate of drug-likeness (QED) is 0.660. The summed E-state index contributed by atoms with van der Waals surface area (Å²) in [4.78, 5) is 4.69. The van der Waals surface area contributed by atoms with Crippen LogP contribution in [0.4, 0.5) is 0 Å². The molecule has 0 radical (unpaired) electrons. The lowest BCUT2D eigenvalue weighted by atomic mass is 10.0. The van der Waals surface area contributed by atoms with Crippen molar-refractivity contribution in [3.63, 3.8) is 0 Å². The van der Waals surface area contributed by atoms with E-state index in [0.717, 1.165) is 22.2 Å². The van der Waals surface area contributed by atoms with E-state index < -0.39 is 0 Å². The number of aryl methyl sites for hydroxylation is 2. The summed E-state index contributed by atoms with van der Waals surface area (Å²) in [7, 11) is 1.65. The molecule has 3 aromatic rings. The Morgan fingerprint density at radius 3 is 2.43 bits per heavy atom. The summed E-state index contributed by atoms with van der Waals surface area (Å²) in [6, 6.07) is 14.0. The van der Waals surface area contributed by atoms with E-state index in [9.17, 15) is 0 Å². The number of ether oxygens (including phenoxy) is 2. The fourth-order valence-electron chi connectivity index (χ4n) is 2.42. The van der Waals surface area contributed by atoms with Crippen LogP contribution in [0.1, 0.15) is 16.1 Å². The van der Waals surface area contributed by atoms with Gasteiger partial charge in [0.1, 0.15) is 23.1 Å². The van der Waals surface area contributed by atoms with Gasteiger partial charge >= 0.3 is 0 Å². The number of aromatic nitrogens is 1. The number of rotatable bonds is 5. The minimum Gasteiger partial charge on any atom is -0.497 e. The molecule has 0 fully saturated rings. The van der Waals surface area contributed by atoms with Crippen molar-refractivity contribution in [1.82, 2.24) is 4.98 Å². The van der Waals surface area contributed by atoms with Crippen LogP contribution in [0.5, 0.6) is 11.5 Å². The van der Waals surface area contributed by atoms with E-state index in [4.69, 9.17) is 9.47 Å². The molecule has 0 amide bonds. The van der Waals surface area contributed by atoms with Gasteiger partial charge in [-0.1, -0.05) is 23.8 Å². The molecule has 1 heterocycles. The van der Waals surface area contributed by atoms with Crippen LogP contribution in [0.15, 0.2) is 47.8 Å². The molecule has 23 heavy (non-hydrogen) atoms. The molecule has 0 aliphatic heterocycles. The minimum atomic E-state index is 0.474. The van der Waals surface area contributed by atoms with Crippen molar-refractivity contribution in [3.8, 4) is 22.8 Å². The average Bonchev–Trinajstić information content (AvgIpc) is 3.02. The Bertz CT molecular complexity index is 793. The Morgan fingerprint density at radius 2 is 1.74 bits per heavy atom. The Kier molecular flexibility index (Phi) is 4.63. The van der Waals surface area contributed by atoms with Crippen molar-refractivity contribution in [3.05, 3.63) is 64.0 Å². The molecule has 0 bridgehead atoms. The van der Waals surface area contributed by atoms with Gasteiger partial charge in [0.25, 0.3) is 0 Å². The molecule has 0 aliphatic rings. The predicted molar refractivity (Wildman–Crippen MR) is 94.4 cm³/mol. The number of hydrogen-bond donors (Lipinski definition) is 0. The first-order valence-corrected chi connectivity index (χ1v) is 8.32. The molecule has 0 saturated heterocycles. The average molecular weight is 325 g/mol. The highest BCUT2D eigenvalue weighted by Crippen LogP contribution is 2.26. The van der Waals surface area contributed by atoms with E-state index in [-0.39, 0.29) is 0 Å². The molecule has 2 aromatic carbocycles. The second-order valence-electron chi connectivity index (χ2n) is 5.41. The van der Waals surface area contributed by atoms with Gasteiger partial charge in [0.15, 0.2) is 0 Å². The summed E-state index contributed by atoms with van der Waals surface area (Å²) in [6.07, 6.45) is 0. The molecule has 4 heteroatoms. The molecular weight excluding hydrogens is 306 g/mol. The van der Waals surface area contributed by atoms with Crippen molar-refractivity contribution in [2.45, 2.75) is 20.5 Å². The first kappa shape index (κ1) is 15.6. The number of thiazole rings is 1. The summed E-state index contributed by atoms with van der Waals surface area (Å²) >= 11 is 1.62. The Labute approximate surface area is 140 Å². The SMILES string of the molecule is COc1ccc(OCc2nc(-c3ccc(C)cc3C)cs2)cc1.